The van der Waals surface area contributed by atoms with Gasteiger partial charge in [-0.1, -0.05) is 41.4 Å². The third-order valence-electron chi connectivity index (χ3n) is 5.17. The lowest BCUT2D eigenvalue weighted by molar-refractivity contribution is 0.0971. The van der Waals surface area contributed by atoms with E-state index in [4.69, 9.17) is 16.0 Å². The standard InChI is InChI=1S/C22H15ClN2O3S/c1-11-3-5-13(6-4-11)18-17-19(26)14-10-15(23)12(2)9-16(14)28-20(17)21(27)25(18)22-24-7-8-29-22/h3-10,18H,1-2H3/t18-/m1/s1. The third-order valence-corrected chi connectivity index (χ3v) is 6.35. The molecule has 5 nitrogen and oxygen atoms in total. The van der Waals surface area contributed by atoms with Crippen LogP contribution in [0.4, 0.5) is 5.13 Å². The molecule has 29 heavy (non-hydrogen) atoms. The number of halogens is 1. The van der Waals surface area contributed by atoms with E-state index in [2.05, 4.69) is 4.98 Å². The molecular formula is C22H15ClN2O3S. The van der Waals surface area contributed by atoms with Gasteiger partial charge in [-0.15, -0.1) is 11.3 Å². The molecule has 2 aromatic carbocycles. The molecule has 0 aliphatic carbocycles. The van der Waals surface area contributed by atoms with E-state index in [1.165, 1.54) is 16.2 Å². The largest absolute Gasteiger partial charge is 0.450 e. The molecule has 0 N–H and O–H groups in total. The Hall–Kier alpha value is -2.96. The number of fused-ring (bicyclic) bond motifs is 2. The molecular weight excluding hydrogens is 408 g/mol. The number of amides is 1. The van der Waals surface area contributed by atoms with E-state index >= 15 is 0 Å². The highest BCUT2D eigenvalue weighted by atomic mass is 35.5. The number of carbonyl (C=O) groups is 1. The number of thiazole rings is 1. The van der Waals surface area contributed by atoms with Crippen LogP contribution in [0.25, 0.3) is 11.0 Å². The summed E-state index contributed by atoms with van der Waals surface area (Å²) in [6, 6.07) is 10.5. The van der Waals surface area contributed by atoms with Gasteiger partial charge in [-0.05, 0) is 37.1 Å². The molecule has 1 amide bonds. The van der Waals surface area contributed by atoms with Gasteiger partial charge in [0, 0.05) is 16.6 Å². The van der Waals surface area contributed by atoms with E-state index < -0.39 is 6.04 Å². The highest BCUT2D eigenvalue weighted by Crippen LogP contribution is 2.42. The van der Waals surface area contributed by atoms with E-state index in [-0.39, 0.29) is 17.1 Å². The predicted octanol–water partition coefficient (Wildman–Crippen LogP) is 5.27. The van der Waals surface area contributed by atoms with E-state index in [9.17, 15) is 9.59 Å². The predicted molar refractivity (Wildman–Crippen MR) is 114 cm³/mol. The summed E-state index contributed by atoms with van der Waals surface area (Å²) < 4.78 is 5.96. The van der Waals surface area contributed by atoms with Gasteiger partial charge < -0.3 is 4.42 Å². The summed E-state index contributed by atoms with van der Waals surface area (Å²) >= 11 is 7.59. The zero-order valence-electron chi connectivity index (χ0n) is 15.6. The number of anilines is 1. The monoisotopic (exact) mass is 422 g/mol. The van der Waals surface area contributed by atoms with E-state index in [0.717, 1.165) is 16.7 Å². The number of benzene rings is 2. The van der Waals surface area contributed by atoms with E-state index in [1.807, 2.05) is 38.1 Å². The fourth-order valence-electron chi connectivity index (χ4n) is 3.69. The molecule has 0 bridgehead atoms. The van der Waals surface area contributed by atoms with Gasteiger partial charge in [-0.25, -0.2) is 4.98 Å². The summed E-state index contributed by atoms with van der Waals surface area (Å²) in [5.41, 5.74) is 3.12. The molecule has 5 rings (SSSR count). The molecule has 1 aliphatic rings. The number of hydrogen-bond acceptors (Lipinski definition) is 5. The van der Waals surface area contributed by atoms with Crippen molar-refractivity contribution < 1.29 is 9.21 Å². The van der Waals surface area contributed by atoms with Crippen LogP contribution in [0.15, 0.2) is 57.2 Å². The second-order valence-corrected chi connectivity index (χ2v) is 8.35. The summed E-state index contributed by atoms with van der Waals surface area (Å²) in [6.07, 6.45) is 1.64. The number of nitrogens with zero attached hydrogens (tertiary/aromatic N) is 2. The molecule has 3 heterocycles. The molecule has 1 aliphatic heterocycles. The lowest BCUT2D eigenvalue weighted by Gasteiger charge is -2.22. The smallest absolute Gasteiger partial charge is 0.297 e. The first-order valence-electron chi connectivity index (χ1n) is 9.02. The summed E-state index contributed by atoms with van der Waals surface area (Å²) in [5.74, 6) is -0.308. The molecule has 144 valence electrons. The topological polar surface area (TPSA) is 63.4 Å². The zero-order valence-corrected chi connectivity index (χ0v) is 17.2. The number of aromatic nitrogens is 1. The molecule has 1 atom stereocenters. The first-order valence-corrected chi connectivity index (χ1v) is 10.3. The lowest BCUT2D eigenvalue weighted by atomic mass is 9.97. The molecule has 4 aromatic rings. The van der Waals surface area contributed by atoms with Crippen molar-refractivity contribution in [1.29, 1.82) is 0 Å². The molecule has 0 spiro atoms. The van der Waals surface area contributed by atoms with Crippen LogP contribution < -0.4 is 10.3 Å². The Balaban J connectivity index is 1.84. The quantitative estimate of drug-likeness (QED) is 0.441. The SMILES string of the molecule is Cc1ccc([C@@H]2c3c(oc4cc(C)c(Cl)cc4c3=O)C(=O)N2c2nccs2)cc1. The maximum absolute atomic E-state index is 13.5. The minimum Gasteiger partial charge on any atom is -0.450 e. The molecule has 0 fully saturated rings. The van der Waals surface area contributed by atoms with Crippen molar-refractivity contribution in [1.82, 2.24) is 4.98 Å². The Morgan fingerprint density at radius 1 is 1.14 bits per heavy atom. The highest BCUT2D eigenvalue weighted by Gasteiger charge is 2.44. The van der Waals surface area contributed by atoms with Crippen LogP contribution in [-0.4, -0.2) is 10.9 Å². The Morgan fingerprint density at radius 3 is 2.59 bits per heavy atom. The summed E-state index contributed by atoms with van der Waals surface area (Å²) in [5, 5.41) is 3.17. The Labute approximate surface area is 175 Å². The second-order valence-electron chi connectivity index (χ2n) is 7.07. The van der Waals surface area contributed by atoms with Crippen LogP contribution in [0, 0.1) is 13.8 Å². The molecule has 2 aromatic heterocycles. The van der Waals surface area contributed by atoms with Gasteiger partial charge in [-0.2, -0.15) is 0 Å². The fraction of sp³-hybridized carbons (Fsp3) is 0.136. The Morgan fingerprint density at radius 2 is 1.90 bits per heavy atom. The van der Waals surface area contributed by atoms with E-state index in [1.54, 1.807) is 23.7 Å². The van der Waals surface area contributed by atoms with Gasteiger partial charge in [0.25, 0.3) is 5.91 Å². The molecule has 0 unspecified atom stereocenters. The van der Waals surface area contributed by atoms with Crippen molar-refractivity contribution in [2.45, 2.75) is 19.9 Å². The molecule has 0 saturated heterocycles. The minimum atomic E-state index is -0.607. The van der Waals surface area contributed by atoms with Crippen LogP contribution in [0.1, 0.15) is 38.9 Å². The van der Waals surface area contributed by atoms with Crippen LogP contribution >= 0.6 is 22.9 Å². The lowest BCUT2D eigenvalue weighted by Crippen LogP contribution is -2.29. The maximum Gasteiger partial charge on any atom is 0.297 e. The number of aryl methyl sites for hydroxylation is 2. The highest BCUT2D eigenvalue weighted by molar-refractivity contribution is 7.13. The van der Waals surface area contributed by atoms with Crippen LogP contribution in [0.3, 0.4) is 0 Å². The first-order chi connectivity index (χ1) is 14.0. The third kappa shape index (κ3) is 2.71. The Kier molecular flexibility index (Phi) is 4.08. The fourth-order valence-corrected chi connectivity index (χ4v) is 4.52. The van der Waals surface area contributed by atoms with Crippen LogP contribution in [-0.2, 0) is 0 Å². The maximum atomic E-state index is 13.5. The average molecular weight is 423 g/mol. The van der Waals surface area contributed by atoms with E-state index in [0.29, 0.717) is 26.7 Å². The average Bonchev–Trinajstić information content (AvgIpc) is 3.31. The summed E-state index contributed by atoms with van der Waals surface area (Å²) in [6.45, 7) is 3.82. The van der Waals surface area contributed by atoms with Gasteiger partial charge in [-0.3, -0.25) is 14.5 Å². The van der Waals surface area contributed by atoms with Gasteiger partial charge >= 0.3 is 0 Å². The van der Waals surface area contributed by atoms with Crippen molar-refractivity contribution >= 4 is 44.9 Å². The summed E-state index contributed by atoms with van der Waals surface area (Å²) in [4.78, 5) is 32.7. The van der Waals surface area contributed by atoms with Gasteiger partial charge in [0.1, 0.15) is 5.58 Å². The van der Waals surface area contributed by atoms with Crippen molar-refractivity contribution in [2.24, 2.45) is 0 Å². The molecule has 7 heteroatoms. The van der Waals surface area contributed by atoms with Crippen molar-refractivity contribution in [3.63, 3.8) is 0 Å². The molecule has 0 radical (unpaired) electrons. The van der Waals surface area contributed by atoms with Crippen molar-refractivity contribution in [3.8, 4) is 0 Å². The minimum absolute atomic E-state index is 0.0602. The van der Waals surface area contributed by atoms with Gasteiger partial charge in [0.15, 0.2) is 10.6 Å². The zero-order chi connectivity index (χ0) is 20.3. The van der Waals surface area contributed by atoms with Crippen LogP contribution in [0.2, 0.25) is 5.02 Å². The van der Waals surface area contributed by atoms with Gasteiger partial charge in [0.05, 0.1) is 17.0 Å². The molecule has 0 saturated carbocycles. The van der Waals surface area contributed by atoms with Gasteiger partial charge in [0.2, 0.25) is 5.76 Å². The van der Waals surface area contributed by atoms with Crippen molar-refractivity contribution in [3.05, 3.63) is 91.2 Å². The summed E-state index contributed by atoms with van der Waals surface area (Å²) in [7, 11) is 0. The normalized spacial score (nSPS) is 15.9. The second kappa shape index (κ2) is 6.54. The number of rotatable bonds is 2. The number of hydrogen-bond donors (Lipinski definition) is 0. The first kappa shape index (κ1) is 18.1. The van der Waals surface area contributed by atoms with Crippen LogP contribution in [0.5, 0.6) is 0 Å². The number of carbonyl (C=O) groups excluding carboxylic acids is 1. The Bertz CT molecular complexity index is 1330. The van der Waals surface area contributed by atoms with Crippen molar-refractivity contribution in [2.75, 3.05) is 4.90 Å².